The second-order valence-corrected chi connectivity index (χ2v) is 11.5. The first-order valence-electron chi connectivity index (χ1n) is 11.8. The number of aromatic nitrogens is 3. The molecule has 12 heteroatoms. The van der Waals surface area contributed by atoms with E-state index >= 15 is 0 Å². The van der Waals surface area contributed by atoms with Crippen LogP contribution in [0.5, 0.6) is 0 Å². The third-order valence-corrected chi connectivity index (χ3v) is 7.95. The van der Waals surface area contributed by atoms with Gasteiger partial charge in [0.1, 0.15) is 11.5 Å². The van der Waals surface area contributed by atoms with Crippen LogP contribution in [0.25, 0.3) is 11.0 Å². The van der Waals surface area contributed by atoms with Gasteiger partial charge in [0.25, 0.3) is 0 Å². The zero-order valence-electron chi connectivity index (χ0n) is 20.9. The molecule has 0 bridgehead atoms. The number of hydrogen-bond donors (Lipinski definition) is 3. The molecule has 5 rings (SSSR count). The van der Waals surface area contributed by atoms with E-state index in [4.69, 9.17) is 16.6 Å². The van der Waals surface area contributed by atoms with E-state index in [1.807, 2.05) is 36.4 Å². The smallest absolute Gasteiger partial charge is 0.232 e. The maximum absolute atomic E-state index is 12.2. The molecule has 0 spiro atoms. The number of halogens is 1. The molecular formula is C25H29ClN8O2S. The third kappa shape index (κ3) is 5.43. The number of rotatable bonds is 7. The van der Waals surface area contributed by atoms with E-state index in [1.165, 1.54) is 17.6 Å². The highest BCUT2D eigenvalue weighted by Gasteiger charge is 2.19. The van der Waals surface area contributed by atoms with Crippen molar-refractivity contribution in [1.82, 2.24) is 19.9 Å². The predicted octanol–water partition coefficient (Wildman–Crippen LogP) is 4.25. The predicted molar refractivity (Wildman–Crippen MR) is 151 cm³/mol. The summed E-state index contributed by atoms with van der Waals surface area (Å²) in [6.45, 7) is 3.86. The number of hydrogen-bond acceptors (Lipinski definition) is 8. The standard InChI is InChI=1S/C25H29ClN8O2S/c1-32-12-14-34(15-13-32)21-9-8-17(16-19(21)26)28-25-30-23-18(10-11-27-23)24(31-25)29-20-6-4-5-7-22(20)33(2)37(3,35)36/h4-11,16H,12-15H2,1-3H3,(H3,27,28,29,30,31). The van der Waals surface area contributed by atoms with Crippen molar-refractivity contribution in [3.05, 3.63) is 59.8 Å². The quantitative estimate of drug-likeness (QED) is 0.319. The van der Waals surface area contributed by atoms with Gasteiger partial charge in [0, 0.05) is 45.1 Å². The largest absolute Gasteiger partial charge is 0.368 e. The Morgan fingerprint density at radius 2 is 1.78 bits per heavy atom. The van der Waals surface area contributed by atoms with Crippen LogP contribution in [0.3, 0.4) is 0 Å². The maximum atomic E-state index is 12.2. The maximum Gasteiger partial charge on any atom is 0.232 e. The Labute approximate surface area is 221 Å². The van der Waals surface area contributed by atoms with Crippen molar-refractivity contribution in [1.29, 1.82) is 0 Å². The van der Waals surface area contributed by atoms with Gasteiger partial charge in [-0.15, -0.1) is 0 Å². The highest BCUT2D eigenvalue weighted by molar-refractivity contribution is 7.92. The molecule has 2 aromatic heterocycles. The van der Waals surface area contributed by atoms with Crippen molar-refractivity contribution in [3.63, 3.8) is 0 Å². The summed E-state index contributed by atoms with van der Waals surface area (Å²) < 4.78 is 25.6. The van der Waals surface area contributed by atoms with Gasteiger partial charge in [-0.1, -0.05) is 23.7 Å². The number of aromatic amines is 1. The van der Waals surface area contributed by atoms with Crippen LogP contribution in [0.1, 0.15) is 0 Å². The van der Waals surface area contributed by atoms with Crippen molar-refractivity contribution >= 4 is 67.2 Å². The molecule has 3 N–H and O–H groups in total. The Morgan fingerprint density at radius 3 is 2.51 bits per heavy atom. The molecular weight excluding hydrogens is 512 g/mol. The zero-order chi connectivity index (χ0) is 26.2. The third-order valence-electron chi connectivity index (χ3n) is 6.46. The summed E-state index contributed by atoms with van der Waals surface area (Å²) in [7, 11) is 0.196. The van der Waals surface area contributed by atoms with Gasteiger partial charge in [-0.2, -0.15) is 9.97 Å². The van der Waals surface area contributed by atoms with E-state index in [9.17, 15) is 8.42 Å². The first-order valence-corrected chi connectivity index (χ1v) is 14.1. The highest BCUT2D eigenvalue weighted by Crippen LogP contribution is 2.33. The molecule has 0 saturated carbocycles. The van der Waals surface area contributed by atoms with Gasteiger partial charge < -0.3 is 25.4 Å². The van der Waals surface area contributed by atoms with Crippen LogP contribution in [0, 0.1) is 0 Å². The molecule has 1 aliphatic heterocycles. The number of nitrogens with one attached hydrogen (secondary N) is 3. The molecule has 2 aromatic carbocycles. The van der Waals surface area contributed by atoms with Gasteiger partial charge in [0.15, 0.2) is 0 Å². The van der Waals surface area contributed by atoms with E-state index in [-0.39, 0.29) is 0 Å². The van der Waals surface area contributed by atoms with Crippen LogP contribution >= 0.6 is 11.6 Å². The lowest BCUT2D eigenvalue weighted by atomic mass is 10.2. The number of benzene rings is 2. The van der Waals surface area contributed by atoms with Gasteiger partial charge in [0.05, 0.1) is 33.7 Å². The summed E-state index contributed by atoms with van der Waals surface area (Å²) >= 11 is 6.66. The van der Waals surface area contributed by atoms with E-state index in [2.05, 4.69) is 37.4 Å². The Bertz CT molecular complexity index is 1530. The second-order valence-electron chi connectivity index (χ2n) is 9.09. The molecule has 0 radical (unpaired) electrons. The Kier molecular flexibility index (Phi) is 6.84. The second kappa shape index (κ2) is 10.1. The van der Waals surface area contributed by atoms with Crippen LogP contribution in [0.4, 0.5) is 34.5 Å². The Hall–Kier alpha value is -3.54. The average molecular weight is 541 g/mol. The lowest BCUT2D eigenvalue weighted by Crippen LogP contribution is -2.44. The van der Waals surface area contributed by atoms with Crippen molar-refractivity contribution in [2.75, 3.05) is 66.4 Å². The van der Waals surface area contributed by atoms with E-state index in [1.54, 1.807) is 18.3 Å². The fourth-order valence-corrected chi connectivity index (χ4v) is 5.09. The lowest BCUT2D eigenvalue weighted by molar-refractivity contribution is 0.313. The molecule has 0 unspecified atom stereocenters. The number of piperazine rings is 1. The minimum atomic E-state index is -3.45. The fourth-order valence-electron chi connectivity index (χ4n) is 4.27. The summed E-state index contributed by atoms with van der Waals surface area (Å²) in [5.74, 6) is 0.901. The number of sulfonamides is 1. The van der Waals surface area contributed by atoms with Gasteiger partial charge >= 0.3 is 0 Å². The van der Waals surface area contributed by atoms with Crippen molar-refractivity contribution in [2.24, 2.45) is 0 Å². The minimum Gasteiger partial charge on any atom is -0.368 e. The van der Waals surface area contributed by atoms with Gasteiger partial charge in [0.2, 0.25) is 16.0 Å². The molecule has 0 aliphatic carbocycles. The van der Waals surface area contributed by atoms with Crippen LogP contribution in [0.15, 0.2) is 54.7 Å². The number of fused-ring (bicyclic) bond motifs is 1. The minimum absolute atomic E-state index is 0.370. The first-order chi connectivity index (χ1) is 17.7. The number of nitrogens with zero attached hydrogens (tertiary/aromatic N) is 5. The van der Waals surface area contributed by atoms with E-state index < -0.39 is 10.0 Å². The molecule has 4 aromatic rings. The monoisotopic (exact) mass is 540 g/mol. The van der Waals surface area contributed by atoms with Crippen molar-refractivity contribution in [3.8, 4) is 0 Å². The van der Waals surface area contributed by atoms with Crippen LogP contribution < -0.4 is 19.8 Å². The molecule has 1 saturated heterocycles. The molecule has 194 valence electrons. The molecule has 1 aliphatic rings. The number of likely N-dealkylation sites (N-methyl/N-ethyl adjacent to an activating group) is 1. The van der Waals surface area contributed by atoms with Crippen molar-refractivity contribution < 1.29 is 8.42 Å². The lowest BCUT2D eigenvalue weighted by Gasteiger charge is -2.34. The van der Waals surface area contributed by atoms with Gasteiger partial charge in [-0.3, -0.25) is 4.31 Å². The van der Waals surface area contributed by atoms with Gasteiger partial charge in [-0.05, 0) is 43.4 Å². The summed E-state index contributed by atoms with van der Waals surface area (Å²) in [5, 5.41) is 7.97. The molecule has 10 nitrogen and oxygen atoms in total. The van der Waals surface area contributed by atoms with E-state index in [0.717, 1.165) is 42.9 Å². The zero-order valence-corrected chi connectivity index (χ0v) is 22.4. The van der Waals surface area contributed by atoms with Crippen LogP contribution in [0.2, 0.25) is 5.02 Å². The van der Waals surface area contributed by atoms with Crippen molar-refractivity contribution in [2.45, 2.75) is 0 Å². The average Bonchev–Trinajstić information content (AvgIpc) is 3.33. The highest BCUT2D eigenvalue weighted by atomic mass is 35.5. The SMILES string of the molecule is CN1CCN(c2ccc(Nc3nc(Nc4ccccc4N(C)S(C)(=O)=O)c4cc[nH]c4n3)cc2Cl)CC1. The fraction of sp³-hybridized carbons (Fsp3) is 0.280. The summed E-state index contributed by atoms with van der Waals surface area (Å²) in [5.41, 5.74) is 3.51. The normalized spacial score (nSPS) is 14.6. The molecule has 3 heterocycles. The number of anilines is 6. The summed E-state index contributed by atoms with van der Waals surface area (Å²) in [6.07, 6.45) is 2.95. The summed E-state index contributed by atoms with van der Waals surface area (Å²) in [6, 6.07) is 14.9. The summed E-state index contributed by atoms with van der Waals surface area (Å²) in [4.78, 5) is 17.0. The number of para-hydroxylation sites is 2. The topological polar surface area (TPSA) is 109 Å². The van der Waals surface area contributed by atoms with Gasteiger partial charge in [-0.25, -0.2) is 8.42 Å². The molecule has 0 amide bonds. The Morgan fingerprint density at radius 1 is 1.03 bits per heavy atom. The molecule has 1 fully saturated rings. The number of H-pyrrole nitrogens is 1. The first kappa shape index (κ1) is 25.1. The Balaban J connectivity index is 1.43. The van der Waals surface area contributed by atoms with E-state index in [0.29, 0.717) is 33.8 Å². The van der Waals surface area contributed by atoms with Crippen LogP contribution in [-0.4, -0.2) is 74.8 Å². The molecule has 37 heavy (non-hydrogen) atoms. The van der Waals surface area contributed by atoms with Crippen LogP contribution in [-0.2, 0) is 10.0 Å². The molecule has 0 atom stereocenters.